The van der Waals surface area contributed by atoms with Crippen molar-refractivity contribution >= 4 is 11.8 Å². The molecule has 5 nitrogen and oxygen atoms in total. The molecule has 3 aliphatic rings. The molecule has 2 atom stereocenters. The van der Waals surface area contributed by atoms with Crippen molar-refractivity contribution in [1.29, 1.82) is 0 Å². The highest BCUT2D eigenvalue weighted by atomic mass is 19.3. The molecule has 3 fully saturated rings. The predicted octanol–water partition coefficient (Wildman–Crippen LogP) is 3.32. The fourth-order valence-electron chi connectivity index (χ4n) is 3.69. The van der Waals surface area contributed by atoms with Crippen LogP contribution in [0.15, 0.2) is 35.9 Å². The van der Waals surface area contributed by atoms with Gasteiger partial charge in [0, 0.05) is 31.2 Å². The number of allylic oxidation sites excluding steroid dienone is 1. The van der Waals surface area contributed by atoms with Gasteiger partial charge in [-0.05, 0) is 51.0 Å². The molecule has 3 aliphatic heterocycles. The zero-order valence-electron chi connectivity index (χ0n) is 15.5. The van der Waals surface area contributed by atoms with Gasteiger partial charge in [0.25, 0.3) is 5.91 Å². The van der Waals surface area contributed by atoms with E-state index in [2.05, 4.69) is 4.74 Å². The first-order chi connectivity index (χ1) is 12.8. The normalized spacial score (nSPS) is 22.0. The summed E-state index contributed by atoms with van der Waals surface area (Å²) in [6, 6.07) is 5.69. The third-order valence-corrected chi connectivity index (χ3v) is 5.10. The number of amides is 2. The topological polar surface area (TPSA) is 49.9 Å². The minimum absolute atomic E-state index is 0.0113. The molecule has 0 aromatic heterocycles. The third kappa shape index (κ3) is 4.46. The summed E-state index contributed by atoms with van der Waals surface area (Å²) in [6.07, 6.45) is 3.71. The average Bonchev–Trinajstić information content (AvgIpc) is 2.90. The monoisotopic (exact) mass is 378 g/mol. The van der Waals surface area contributed by atoms with Gasteiger partial charge in [-0.15, -0.1) is 0 Å². The molecule has 2 bridgehead atoms. The quantitative estimate of drug-likeness (QED) is 0.739. The Kier molecular flexibility index (Phi) is 5.77. The van der Waals surface area contributed by atoms with Gasteiger partial charge in [-0.3, -0.25) is 9.59 Å². The Bertz CT molecular complexity index is 729. The molecule has 146 valence electrons. The lowest BCUT2D eigenvalue weighted by Crippen LogP contribution is -2.48. The number of hydrogen-bond donors (Lipinski definition) is 0. The molecule has 1 aromatic carbocycles. The van der Waals surface area contributed by atoms with Crippen molar-refractivity contribution in [2.45, 2.75) is 39.3 Å². The van der Waals surface area contributed by atoms with Gasteiger partial charge in [-0.2, -0.15) is 8.78 Å². The molecule has 3 saturated heterocycles. The van der Waals surface area contributed by atoms with Crippen LogP contribution in [0.2, 0.25) is 0 Å². The Morgan fingerprint density at radius 2 is 1.93 bits per heavy atom. The van der Waals surface area contributed by atoms with Crippen molar-refractivity contribution in [3.63, 3.8) is 0 Å². The maximum atomic E-state index is 12.9. The number of carbonyl (C=O) groups excluding carboxylic acids is 2. The lowest BCUT2D eigenvalue weighted by molar-refractivity contribution is -0.139. The minimum Gasteiger partial charge on any atom is -0.435 e. The van der Waals surface area contributed by atoms with Crippen LogP contribution in [0.1, 0.15) is 37.0 Å². The van der Waals surface area contributed by atoms with Gasteiger partial charge in [0.15, 0.2) is 0 Å². The van der Waals surface area contributed by atoms with Gasteiger partial charge in [-0.25, -0.2) is 0 Å². The smallest absolute Gasteiger partial charge is 0.387 e. The Morgan fingerprint density at radius 1 is 1.22 bits per heavy atom. The molecule has 27 heavy (non-hydrogen) atoms. The summed E-state index contributed by atoms with van der Waals surface area (Å²) in [5, 5.41) is 0. The molecule has 2 amide bonds. The van der Waals surface area contributed by atoms with E-state index in [0.29, 0.717) is 25.2 Å². The summed E-state index contributed by atoms with van der Waals surface area (Å²) >= 11 is 0. The number of carbonyl (C=O) groups is 2. The Balaban J connectivity index is 1.73. The van der Waals surface area contributed by atoms with E-state index < -0.39 is 6.61 Å². The first-order valence-corrected chi connectivity index (χ1v) is 9.13. The van der Waals surface area contributed by atoms with E-state index in [1.807, 2.05) is 24.8 Å². The summed E-state index contributed by atoms with van der Waals surface area (Å²) in [4.78, 5) is 29.2. The van der Waals surface area contributed by atoms with Gasteiger partial charge < -0.3 is 14.5 Å². The molecule has 0 unspecified atom stereocenters. The number of piperidine rings is 1. The van der Waals surface area contributed by atoms with Crippen LogP contribution in [-0.4, -0.2) is 53.9 Å². The summed E-state index contributed by atoms with van der Waals surface area (Å²) in [7, 11) is 0. The second-order valence-electron chi connectivity index (χ2n) is 7.31. The van der Waals surface area contributed by atoms with Crippen molar-refractivity contribution in [2.24, 2.45) is 5.92 Å². The molecule has 1 aromatic rings. The number of ether oxygens (including phenoxy) is 1. The highest BCUT2D eigenvalue weighted by molar-refractivity contribution is 5.95. The zero-order valence-corrected chi connectivity index (χ0v) is 15.5. The molecule has 4 rings (SSSR count). The van der Waals surface area contributed by atoms with Crippen LogP contribution >= 0.6 is 0 Å². The fraction of sp³-hybridized carbons (Fsp3) is 0.500. The van der Waals surface area contributed by atoms with E-state index >= 15 is 0 Å². The zero-order chi connectivity index (χ0) is 19.6. The highest BCUT2D eigenvalue weighted by Gasteiger charge is 2.41. The maximum absolute atomic E-state index is 12.9. The van der Waals surface area contributed by atoms with E-state index in [1.165, 1.54) is 24.3 Å². The Hall–Kier alpha value is -2.44. The van der Waals surface area contributed by atoms with Crippen molar-refractivity contribution in [2.75, 3.05) is 19.6 Å². The maximum Gasteiger partial charge on any atom is 0.387 e. The molecule has 0 spiro atoms. The predicted molar refractivity (Wildman–Crippen MR) is 96.6 cm³/mol. The van der Waals surface area contributed by atoms with E-state index in [1.54, 1.807) is 4.90 Å². The number of hydrogen-bond acceptors (Lipinski definition) is 3. The van der Waals surface area contributed by atoms with E-state index in [0.717, 1.165) is 18.4 Å². The van der Waals surface area contributed by atoms with Crippen molar-refractivity contribution < 1.29 is 23.1 Å². The largest absolute Gasteiger partial charge is 0.435 e. The first-order valence-electron chi connectivity index (χ1n) is 9.13. The van der Waals surface area contributed by atoms with Crippen LogP contribution in [0.4, 0.5) is 8.78 Å². The Labute approximate surface area is 157 Å². The number of rotatable bonds is 5. The van der Waals surface area contributed by atoms with Crippen molar-refractivity contribution in [3.05, 3.63) is 41.5 Å². The van der Waals surface area contributed by atoms with Crippen molar-refractivity contribution in [3.8, 4) is 5.75 Å². The standard InChI is InChI=1S/C20H24F2N2O3/c1-13(2)9-10-24-16-6-3-15(19(24)26)11-23(12-16)18(25)14-4-7-17(8-5-14)27-20(21)22/h4-5,7-9,15-16,20H,3,6,10-12H2,1-2H3/t15-,16+/m0/s1. The average molecular weight is 378 g/mol. The van der Waals surface area contributed by atoms with Gasteiger partial charge >= 0.3 is 6.61 Å². The van der Waals surface area contributed by atoms with E-state index in [4.69, 9.17) is 0 Å². The molecular weight excluding hydrogens is 354 g/mol. The number of halogens is 2. The minimum atomic E-state index is -2.90. The van der Waals surface area contributed by atoms with Gasteiger partial charge in [0.2, 0.25) is 5.91 Å². The number of nitrogens with zero attached hydrogens (tertiary/aromatic N) is 2. The first kappa shape index (κ1) is 19.3. The lowest BCUT2D eigenvalue weighted by Gasteiger charge is -2.35. The number of benzene rings is 1. The van der Waals surface area contributed by atoms with Gasteiger partial charge in [-0.1, -0.05) is 11.6 Å². The van der Waals surface area contributed by atoms with E-state index in [9.17, 15) is 18.4 Å². The lowest BCUT2D eigenvalue weighted by atomic mass is 9.94. The highest BCUT2D eigenvalue weighted by Crippen LogP contribution is 2.30. The SMILES string of the molecule is CC(C)=CCN1C(=O)[C@H]2CC[C@@H]1CN(C(=O)c1ccc(OC(F)F)cc1)C2. The van der Waals surface area contributed by atoms with Gasteiger partial charge in [0.1, 0.15) is 5.75 Å². The second kappa shape index (κ2) is 8.06. The third-order valence-electron chi connectivity index (χ3n) is 5.10. The van der Waals surface area contributed by atoms with Crippen LogP contribution in [-0.2, 0) is 4.79 Å². The van der Waals surface area contributed by atoms with Crippen molar-refractivity contribution in [1.82, 2.24) is 9.80 Å². The Morgan fingerprint density at radius 3 is 2.56 bits per heavy atom. The van der Waals surface area contributed by atoms with Crippen LogP contribution in [0, 0.1) is 5.92 Å². The second-order valence-corrected chi connectivity index (χ2v) is 7.31. The molecule has 0 radical (unpaired) electrons. The van der Waals surface area contributed by atoms with Crippen LogP contribution < -0.4 is 4.74 Å². The molecule has 0 saturated carbocycles. The van der Waals surface area contributed by atoms with Crippen LogP contribution in [0.5, 0.6) is 5.75 Å². The number of alkyl halides is 2. The van der Waals surface area contributed by atoms with Gasteiger partial charge in [0.05, 0.1) is 5.92 Å². The molecule has 3 heterocycles. The molecular formula is C20H24F2N2O3. The molecule has 7 heteroatoms. The van der Waals surface area contributed by atoms with Crippen LogP contribution in [0.25, 0.3) is 0 Å². The summed E-state index contributed by atoms with van der Waals surface area (Å²) < 4.78 is 28.8. The molecule has 0 aliphatic carbocycles. The summed E-state index contributed by atoms with van der Waals surface area (Å²) in [5.74, 6) is -0.243. The fourth-order valence-corrected chi connectivity index (χ4v) is 3.69. The van der Waals surface area contributed by atoms with E-state index in [-0.39, 0.29) is 29.5 Å². The molecule has 0 N–H and O–H groups in total. The summed E-state index contributed by atoms with van der Waals surface area (Å²) in [6.45, 7) is 2.56. The number of fused-ring (bicyclic) bond motifs is 4. The van der Waals surface area contributed by atoms with Crippen LogP contribution in [0.3, 0.4) is 0 Å². The summed E-state index contributed by atoms with van der Waals surface area (Å²) in [5.41, 5.74) is 1.56.